The van der Waals surface area contributed by atoms with Crippen molar-refractivity contribution in [3.05, 3.63) is 36.0 Å². The van der Waals surface area contributed by atoms with Crippen LogP contribution in [0.2, 0.25) is 0 Å². The van der Waals surface area contributed by atoms with E-state index in [1.54, 1.807) is 14.0 Å². The van der Waals surface area contributed by atoms with Crippen molar-refractivity contribution in [1.82, 2.24) is 20.8 Å². The number of para-hydroxylation sites is 2. The number of rotatable bonds is 8. The van der Waals surface area contributed by atoms with Crippen molar-refractivity contribution in [3.8, 4) is 11.5 Å². The third-order valence-electron chi connectivity index (χ3n) is 3.25. The largest absolute Gasteiger partial charge is 0.493 e. The van der Waals surface area contributed by atoms with E-state index in [9.17, 15) is 0 Å². The highest BCUT2D eigenvalue weighted by Crippen LogP contribution is 2.26. The number of hydrogen-bond acceptors (Lipinski definition) is 6. The van der Waals surface area contributed by atoms with Crippen molar-refractivity contribution in [2.24, 2.45) is 4.99 Å². The van der Waals surface area contributed by atoms with Gasteiger partial charge in [0.1, 0.15) is 12.6 Å². The minimum absolute atomic E-state index is 0. The first-order valence-electron chi connectivity index (χ1n) is 8.23. The Morgan fingerprint density at radius 1 is 1.27 bits per heavy atom. The molecular weight excluding hydrogens is 449 g/mol. The molecule has 2 N–H and O–H groups in total. The Labute approximate surface area is 170 Å². The molecule has 1 aromatic carbocycles. The summed E-state index contributed by atoms with van der Waals surface area (Å²) in [6.07, 6.45) is -0.0763. The molecule has 2 rings (SSSR count). The van der Waals surface area contributed by atoms with E-state index in [1.807, 2.05) is 38.1 Å². The molecule has 0 bridgehead atoms. The summed E-state index contributed by atoms with van der Waals surface area (Å²) >= 11 is 0. The zero-order valence-electron chi connectivity index (χ0n) is 15.5. The zero-order valence-corrected chi connectivity index (χ0v) is 17.8. The summed E-state index contributed by atoms with van der Waals surface area (Å²) in [5, 5.41) is 10.2. The SMILES string of the molecule is CCNC(=NCc1noc(C)n1)NCC(C)Oc1ccccc1OC.I. The Morgan fingerprint density at radius 2 is 2.00 bits per heavy atom. The summed E-state index contributed by atoms with van der Waals surface area (Å²) in [4.78, 5) is 8.57. The van der Waals surface area contributed by atoms with Crippen LogP contribution in [0.3, 0.4) is 0 Å². The smallest absolute Gasteiger partial charge is 0.223 e. The van der Waals surface area contributed by atoms with E-state index in [-0.39, 0.29) is 30.1 Å². The summed E-state index contributed by atoms with van der Waals surface area (Å²) in [5.41, 5.74) is 0. The number of aromatic nitrogens is 2. The van der Waals surface area contributed by atoms with E-state index in [1.165, 1.54) is 0 Å². The van der Waals surface area contributed by atoms with Gasteiger partial charge in [0.15, 0.2) is 23.3 Å². The molecule has 9 heteroatoms. The van der Waals surface area contributed by atoms with E-state index in [0.717, 1.165) is 6.54 Å². The fourth-order valence-electron chi connectivity index (χ4n) is 2.11. The highest BCUT2D eigenvalue weighted by molar-refractivity contribution is 14.0. The number of ether oxygens (including phenoxy) is 2. The Hall–Kier alpha value is -2.04. The van der Waals surface area contributed by atoms with Gasteiger partial charge >= 0.3 is 0 Å². The Kier molecular flexibility index (Phi) is 9.78. The van der Waals surface area contributed by atoms with Crippen molar-refractivity contribution in [3.63, 3.8) is 0 Å². The standard InChI is InChI=1S/C17H25N5O3.HI/c1-5-18-17(20-11-16-21-13(3)25-22-16)19-10-12(2)24-15-9-7-6-8-14(15)23-4;/h6-9,12H,5,10-11H2,1-4H3,(H2,18,19,20);1H. The first-order valence-corrected chi connectivity index (χ1v) is 8.23. The monoisotopic (exact) mass is 475 g/mol. The topological polar surface area (TPSA) is 93.8 Å². The second kappa shape index (κ2) is 11.6. The summed E-state index contributed by atoms with van der Waals surface area (Å²) in [6, 6.07) is 7.57. The van der Waals surface area contributed by atoms with Gasteiger partial charge in [-0.05, 0) is 26.0 Å². The molecule has 144 valence electrons. The lowest BCUT2D eigenvalue weighted by Gasteiger charge is -2.18. The van der Waals surface area contributed by atoms with E-state index in [2.05, 4.69) is 25.8 Å². The molecule has 0 radical (unpaired) electrons. The van der Waals surface area contributed by atoms with Gasteiger partial charge in [-0.25, -0.2) is 4.99 Å². The van der Waals surface area contributed by atoms with Gasteiger partial charge in [0.2, 0.25) is 5.89 Å². The number of aliphatic imine (C=N–C) groups is 1. The Balaban J connectivity index is 0.00000338. The number of nitrogens with zero attached hydrogens (tertiary/aromatic N) is 3. The van der Waals surface area contributed by atoms with Gasteiger partial charge < -0.3 is 24.6 Å². The van der Waals surface area contributed by atoms with E-state index < -0.39 is 0 Å². The number of hydrogen-bond donors (Lipinski definition) is 2. The van der Waals surface area contributed by atoms with Crippen molar-refractivity contribution in [1.29, 1.82) is 0 Å². The van der Waals surface area contributed by atoms with Crippen molar-refractivity contribution >= 4 is 29.9 Å². The molecule has 8 nitrogen and oxygen atoms in total. The van der Waals surface area contributed by atoms with Gasteiger partial charge in [-0.1, -0.05) is 17.3 Å². The highest BCUT2D eigenvalue weighted by Gasteiger charge is 2.09. The van der Waals surface area contributed by atoms with Gasteiger partial charge in [0.25, 0.3) is 0 Å². The normalized spacial score (nSPS) is 12.1. The minimum Gasteiger partial charge on any atom is -0.493 e. The van der Waals surface area contributed by atoms with Gasteiger partial charge in [-0.15, -0.1) is 24.0 Å². The quantitative estimate of drug-likeness (QED) is 0.344. The molecule has 0 aliphatic rings. The number of nitrogens with one attached hydrogen (secondary N) is 2. The lowest BCUT2D eigenvalue weighted by Crippen LogP contribution is -2.41. The fraction of sp³-hybridized carbons (Fsp3) is 0.471. The van der Waals surface area contributed by atoms with Crippen LogP contribution < -0.4 is 20.1 Å². The second-order valence-electron chi connectivity index (χ2n) is 5.39. The van der Waals surface area contributed by atoms with Crippen LogP contribution in [-0.4, -0.2) is 42.4 Å². The number of methoxy groups -OCH3 is 1. The van der Waals surface area contributed by atoms with Crippen molar-refractivity contribution < 1.29 is 14.0 Å². The van der Waals surface area contributed by atoms with Crippen LogP contribution in [-0.2, 0) is 6.54 Å². The van der Waals surface area contributed by atoms with E-state index in [4.69, 9.17) is 14.0 Å². The van der Waals surface area contributed by atoms with Crippen LogP contribution in [0.4, 0.5) is 0 Å². The predicted molar refractivity (Wildman–Crippen MR) is 110 cm³/mol. The molecule has 0 aliphatic carbocycles. The molecule has 0 saturated carbocycles. The number of halogens is 1. The Morgan fingerprint density at radius 3 is 2.62 bits per heavy atom. The maximum atomic E-state index is 5.92. The maximum Gasteiger partial charge on any atom is 0.223 e. The number of benzene rings is 1. The molecule has 0 saturated heterocycles. The molecule has 1 aromatic heterocycles. The molecular formula is C17H26IN5O3. The molecule has 2 aromatic rings. The third-order valence-corrected chi connectivity index (χ3v) is 3.25. The van der Waals surface area contributed by atoms with Crippen molar-refractivity contribution in [2.45, 2.75) is 33.4 Å². The van der Waals surface area contributed by atoms with Gasteiger partial charge in [-0.3, -0.25) is 0 Å². The number of aryl methyl sites for hydroxylation is 1. The molecule has 0 fully saturated rings. The first-order chi connectivity index (χ1) is 12.1. The molecule has 1 heterocycles. The summed E-state index contributed by atoms with van der Waals surface area (Å²) < 4.78 is 16.2. The Bertz CT molecular complexity index is 693. The average Bonchev–Trinajstić information content (AvgIpc) is 3.03. The first kappa shape index (κ1) is 22.0. The minimum atomic E-state index is -0.0763. The third kappa shape index (κ3) is 7.06. The summed E-state index contributed by atoms with van der Waals surface area (Å²) in [6.45, 7) is 7.40. The van der Waals surface area contributed by atoms with Gasteiger partial charge in [-0.2, -0.15) is 4.98 Å². The summed E-state index contributed by atoms with van der Waals surface area (Å²) in [7, 11) is 1.63. The van der Waals surface area contributed by atoms with Crippen LogP contribution in [0.1, 0.15) is 25.6 Å². The molecule has 0 amide bonds. The van der Waals surface area contributed by atoms with E-state index >= 15 is 0 Å². The van der Waals surface area contributed by atoms with Crippen LogP contribution in [0, 0.1) is 6.92 Å². The van der Waals surface area contributed by atoms with Gasteiger partial charge in [0, 0.05) is 13.5 Å². The molecule has 0 aliphatic heterocycles. The van der Waals surface area contributed by atoms with Crippen LogP contribution in [0.5, 0.6) is 11.5 Å². The van der Waals surface area contributed by atoms with Crippen LogP contribution >= 0.6 is 24.0 Å². The second-order valence-corrected chi connectivity index (χ2v) is 5.39. The molecule has 26 heavy (non-hydrogen) atoms. The number of guanidine groups is 1. The van der Waals surface area contributed by atoms with Crippen LogP contribution in [0.15, 0.2) is 33.8 Å². The van der Waals surface area contributed by atoms with Crippen LogP contribution in [0.25, 0.3) is 0 Å². The lowest BCUT2D eigenvalue weighted by molar-refractivity contribution is 0.213. The van der Waals surface area contributed by atoms with E-state index in [0.29, 0.717) is 42.3 Å². The summed E-state index contributed by atoms with van der Waals surface area (Å²) in [5.74, 6) is 3.17. The maximum absolute atomic E-state index is 5.92. The lowest BCUT2D eigenvalue weighted by atomic mass is 10.3. The van der Waals surface area contributed by atoms with Crippen molar-refractivity contribution in [2.75, 3.05) is 20.2 Å². The highest BCUT2D eigenvalue weighted by atomic mass is 127. The fourth-order valence-corrected chi connectivity index (χ4v) is 2.11. The average molecular weight is 475 g/mol. The van der Waals surface area contributed by atoms with Gasteiger partial charge in [0.05, 0.1) is 13.7 Å². The molecule has 0 spiro atoms. The molecule has 1 atom stereocenters. The molecule has 1 unspecified atom stereocenters. The zero-order chi connectivity index (χ0) is 18.1. The predicted octanol–water partition coefficient (Wildman–Crippen LogP) is 2.53.